The van der Waals surface area contributed by atoms with Crippen LogP contribution in [0.25, 0.3) is 0 Å². The maximum absolute atomic E-state index is 6.16. The summed E-state index contributed by atoms with van der Waals surface area (Å²) in [4.78, 5) is 2.23. The highest BCUT2D eigenvalue weighted by Gasteiger charge is 2.22. The average Bonchev–Trinajstić information content (AvgIpc) is 2.75. The molecule has 2 rings (SSSR count). The van der Waals surface area contributed by atoms with Gasteiger partial charge >= 0.3 is 0 Å². The summed E-state index contributed by atoms with van der Waals surface area (Å²) in [7, 11) is 3.99. The highest BCUT2D eigenvalue weighted by molar-refractivity contribution is 6.30. The molecule has 1 heterocycles. The van der Waals surface area contributed by atoms with Gasteiger partial charge in [0.1, 0.15) is 0 Å². The van der Waals surface area contributed by atoms with Crippen LogP contribution in [0.2, 0.25) is 5.02 Å². The maximum atomic E-state index is 6.16. The van der Waals surface area contributed by atoms with Crippen LogP contribution in [0, 0.1) is 0 Å². The maximum Gasteiger partial charge on any atom is 0.0538 e. The van der Waals surface area contributed by atoms with Gasteiger partial charge in [-0.3, -0.25) is 9.58 Å². The van der Waals surface area contributed by atoms with Gasteiger partial charge in [0.15, 0.2) is 0 Å². The largest absolute Gasteiger partial charge is 0.326 e. The van der Waals surface area contributed by atoms with Gasteiger partial charge in [-0.1, -0.05) is 23.7 Å². The molecule has 20 heavy (non-hydrogen) atoms. The van der Waals surface area contributed by atoms with Crippen molar-refractivity contribution < 1.29 is 0 Å². The standard InChI is InChI=1S/C15H21ClN4/c1-11(17)15(13-8-18-20(3)10-13)19(2)9-12-5-4-6-14(16)7-12/h4-8,10-11,15H,9,17H2,1-3H3. The molecular weight excluding hydrogens is 272 g/mol. The number of nitrogens with two attached hydrogens (primary N) is 1. The average molecular weight is 293 g/mol. The summed E-state index contributed by atoms with van der Waals surface area (Å²) in [6.07, 6.45) is 3.89. The van der Waals surface area contributed by atoms with E-state index in [1.165, 1.54) is 5.56 Å². The fraction of sp³-hybridized carbons (Fsp3) is 0.400. The summed E-state index contributed by atoms with van der Waals surface area (Å²) >= 11 is 6.03. The number of hydrogen-bond donors (Lipinski definition) is 1. The van der Waals surface area contributed by atoms with Crippen molar-refractivity contribution in [2.24, 2.45) is 12.8 Å². The van der Waals surface area contributed by atoms with Crippen molar-refractivity contribution in [1.82, 2.24) is 14.7 Å². The molecule has 1 aromatic heterocycles. The molecule has 0 amide bonds. The molecule has 0 saturated heterocycles. The molecule has 0 bridgehead atoms. The zero-order chi connectivity index (χ0) is 14.7. The summed E-state index contributed by atoms with van der Waals surface area (Å²) in [6.45, 7) is 2.81. The second-order valence-corrected chi connectivity index (χ2v) is 5.73. The Hall–Kier alpha value is -1.36. The molecule has 0 spiro atoms. The van der Waals surface area contributed by atoms with Crippen LogP contribution in [0.5, 0.6) is 0 Å². The SMILES string of the molecule is CC(N)C(c1cnn(C)c1)N(C)Cc1cccc(Cl)c1. The van der Waals surface area contributed by atoms with Crippen LogP contribution in [0.15, 0.2) is 36.7 Å². The first-order chi connectivity index (χ1) is 9.47. The Kier molecular flexibility index (Phi) is 4.81. The van der Waals surface area contributed by atoms with Crippen LogP contribution < -0.4 is 5.73 Å². The van der Waals surface area contributed by atoms with E-state index in [1.807, 2.05) is 44.6 Å². The van der Waals surface area contributed by atoms with Crippen molar-refractivity contribution in [3.8, 4) is 0 Å². The van der Waals surface area contributed by atoms with Gasteiger partial charge in [-0.25, -0.2) is 0 Å². The Morgan fingerprint density at radius 3 is 2.75 bits per heavy atom. The molecule has 2 aromatic rings. The molecule has 0 aliphatic heterocycles. The van der Waals surface area contributed by atoms with Gasteiger partial charge in [-0.15, -0.1) is 0 Å². The van der Waals surface area contributed by atoms with Crippen LogP contribution in [0.1, 0.15) is 24.1 Å². The van der Waals surface area contributed by atoms with Crippen LogP contribution in [-0.4, -0.2) is 27.8 Å². The zero-order valence-electron chi connectivity index (χ0n) is 12.1. The van der Waals surface area contributed by atoms with Crippen molar-refractivity contribution in [1.29, 1.82) is 0 Å². The molecule has 0 aliphatic rings. The second-order valence-electron chi connectivity index (χ2n) is 5.30. The number of aromatic nitrogens is 2. The summed E-state index contributed by atoms with van der Waals surface area (Å²) < 4.78 is 1.80. The number of hydrogen-bond acceptors (Lipinski definition) is 3. The quantitative estimate of drug-likeness (QED) is 0.921. The lowest BCUT2D eigenvalue weighted by Crippen LogP contribution is -2.36. The van der Waals surface area contributed by atoms with E-state index in [1.54, 1.807) is 4.68 Å². The molecule has 2 unspecified atom stereocenters. The molecule has 4 nitrogen and oxygen atoms in total. The second kappa shape index (κ2) is 6.39. The first-order valence-electron chi connectivity index (χ1n) is 6.66. The molecule has 108 valence electrons. The van der Waals surface area contributed by atoms with Gasteiger partial charge in [0.25, 0.3) is 0 Å². The number of likely N-dealkylation sites (N-methyl/N-ethyl adjacent to an activating group) is 1. The van der Waals surface area contributed by atoms with E-state index < -0.39 is 0 Å². The Labute approximate surface area is 125 Å². The topological polar surface area (TPSA) is 47.1 Å². The number of rotatable bonds is 5. The third-order valence-corrected chi connectivity index (χ3v) is 3.60. The van der Waals surface area contributed by atoms with Crippen LogP contribution in [-0.2, 0) is 13.6 Å². The van der Waals surface area contributed by atoms with Gasteiger partial charge in [0.05, 0.1) is 12.2 Å². The normalized spacial score (nSPS) is 14.5. The lowest BCUT2D eigenvalue weighted by molar-refractivity contribution is 0.211. The van der Waals surface area contributed by atoms with Gasteiger partial charge in [-0.2, -0.15) is 5.10 Å². The fourth-order valence-corrected chi connectivity index (χ4v) is 2.79. The monoisotopic (exact) mass is 292 g/mol. The van der Waals surface area contributed by atoms with Gasteiger partial charge in [0.2, 0.25) is 0 Å². The first-order valence-corrected chi connectivity index (χ1v) is 7.04. The van der Waals surface area contributed by atoms with Crippen LogP contribution in [0.3, 0.4) is 0 Å². The molecule has 0 fully saturated rings. The number of benzene rings is 1. The van der Waals surface area contributed by atoms with E-state index in [9.17, 15) is 0 Å². The van der Waals surface area contributed by atoms with E-state index in [2.05, 4.69) is 23.1 Å². The number of nitrogens with zero attached hydrogens (tertiary/aromatic N) is 3. The van der Waals surface area contributed by atoms with E-state index in [0.29, 0.717) is 0 Å². The van der Waals surface area contributed by atoms with E-state index >= 15 is 0 Å². The Morgan fingerprint density at radius 2 is 2.20 bits per heavy atom. The van der Waals surface area contributed by atoms with Crippen molar-refractivity contribution in [3.63, 3.8) is 0 Å². The smallest absolute Gasteiger partial charge is 0.0538 e. The van der Waals surface area contributed by atoms with Crippen molar-refractivity contribution >= 4 is 11.6 Å². The minimum absolute atomic E-state index is 0.0170. The van der Waals surface area contributed by atoms with Crippen molar-refractivity contribution in [3.05, 3.63) is 52.8 Å². The molecule has 2 N–H and O–H groups in total. The van der Waals surface area contributed by atoms with Gasteiger partial charge in [0, 0.05) is 36.4 Å². The van der Waals surface area contributed by atoms with Crippen LogP contribution in [0.4, 0.5) is 0 Å². The number of halogens is 1. The molecule has 0 radical (unpaired) electrons. The van der Waals surface area contributed by atoms with E-state index in [0.717, 1.165) is 17.1 Å². The van der Waals surface area contributed by atoms with Crippen molar-refractivity contribution in [2.45, 2.75) is 25.6 Å². The highest BCUT2D eigenvalue weighted by Crippen LogP contribution is 2.24. The molecule has 2 atom stereocenters. The minimum Gasteiger partial charge on any atom is -0.326 e. The first kappa shape index (κ1) is 15.0. The highest BCUT2D eigenvalue weighted by atomic mass is 35.5. The van der Waals surface area contributed by atoms with Crippen LogP contribution >= 0.6 is 11.6 Å². The summed E-state index contributed by atoms with van der Waals surface area (Å²) in [5.74, 6) is 0. The molecule has 0 aliphatic carbocycles. The van der Waals surface area contributed by atoms with E-state index in [4.69, 9.17) is 17.3 Å². The summed E-state index contributed by atoms with van der Waals surface area (Å²) in [5.41, 5.74) is 8.46. The predicted octanol–water partition coefficient (Wildman–Crippen LogP) is 2.59. The minimum atomic E-state index is 0.0170. The Morgan fingerprint density at radius 1 is 1.45 bits per heavy atom. The third kappa shape index (κ3) is 3.60. The molecule has 1 aromatic carbocycles. The summed E-state index contributed by atoms with van der Waals surface area (Å²) in [6, 6.07) is 8.06. The summed E-state index contributed by atoms with van der Waals surface area (Å²) in [5, 5.41) is 5.00. The molecular formula is C15H21ClN4. The molecule has 5 heteroatoms. The fourth-order valence-electron chi connectivity index (χ4n) is 2.57. The van der Waals surface area contributed by atoms with Crippen molar-refractivity contribution in [2.75, 3.05) is 7.05 Å². The number of aryl methyl sites for hydroxylation is 1. The molecule has 0 saturated carbocycles. The predicted molar refractivity (Wildman–Crippen MR) is 82.5 cm³/mol. The third-order valence-electron chi connectivity index (χ3n) is 3.36. The van der Waals surface area contributed by atoms with Gasteiger partial charge < -0.3 is 5.73 Å². The zero-order valence-corrected chi connectivity index (χ0v) is 12.9. The Bertz CT molecular complexity index is 565. The van der Waals surface area contributed by atoms with E-state index in [-0.39, 0.29) is 12.1 Å². The van der Waals surface area contributed by atoms with Gasteiger partial charge in [-0.05, 0) is 31.7 Å². The lowest BCUT2D eigenvalue weighted by atomic mass is 10.0. The Balaban J connectivity index is 2.17. The lowest BCUT2D eigenvalue weighted by Gasteiger charge is -2.30.